The van der Waals surface area contributed by atoms with E-state index in [9.17, 15) is 4.79 Å². The Labute approximate surface area is 152 Å². The summed E-state index contributed by atoms with van der Waals surface area (Å²) in [6.07, 6.45) is 5.94. The van der Waals surface area contributed by atoms with Gasteiger partial charge in [-0.25, -0.2) is 0 Å². The van der Waals surface area contributed by atoms with Crippen LogP contribution in [0.1, 0.15) is 34.0 Å². The first-order chi connectivity index (χ1) is 12.3. The SMILES string of the molecule is O=C(CCc1cccs1)N1CCc2ccccc2C1c1cccnc1. The molecule has 0 N–H and O–H groups in total. The van der Waals surface area contributed by atoms with Crippen LogP contribution in [0.4, 0.5) is 0 Å². The van der Waals surface area contributed by atoms with Gasteiger partial charge < -0.3 is 4.90 Å². The van der Waals surface area contributed by atoms with E-state index in [2.05, 4.69) is 46.8 Å². The zero-order valence-corrected chi connectivity index (χ0v) is 14.8. The van der Waals surface area contributed by atoms with Crippen LogP contribution in [-0.2, 0) is 17.6 Å². The predicted octanol–water partition coefficient (Wildman–Crippen LogP) is 4.25. The zero-order chi connectivity index (χ0) is 17.1. The number of hydrogen-bond donors (Lipinski definition) is 0. The van der Waals surface area contributed by atoms with Gasteiger partial charge in [0, 0.05) is 30.2 Å². The average molecular weight is 348 g/mol. The van der Waals surface area contributed by atoms with Crippen LogP contribution in [0.2, 0.25) is 0 Å². The van der Waals surface area contributed by atoms with Gasteiger partial charge in [-0.1, -0.05) is 36.4 Å². The van der Waals surface area contributed by atoms with Crippen molar-refractivity contribution in [1.29, 1.82) is 0 Å². The maximum atomic E-state index is 13.0. The standard InChI is InChI=1S/C21H20N2OS/c24-20(10-9-18-7-4-14-25-18)23-13-11-16-5-1-2-8-19(16)21(23)17-6-3-12-22-15-17/h1-8,12,14-15,21H,9-11,13H2. The van der Waals surface area contributed by atoms with Gasteiger partial charge in [0.15, 0.2) is 0 Å². The molecule has 0 radical (unpaired) electrons. The number of hydrogen-bond acceptors (Lipinski definition) is 3. The Morgan fingerprint density at radius 2 is 2.08 bits per heavy atom. The van der Waals surface area contributed by atoms with Crippen LogP contribution in [0.3, 0.4) is 0 Å². The molecule has 1 aliphatic heterocycles. The molecule has 0 saturated carbocycles. The van der Waals surface area contributed by atoms with Gasteiger partial charge in [-0.15, -0.1) is 11.3 Å². The monoisotopic (exact) mass is 348 g/mol. The molecule has 1 unspecified atom stereocenters. The molecule has 0 bridgehead atoms. The molecule has 3 heterocycles. The van der Waals surface area contributed by atoms with E-state index in [-0.39, 0.29) is 11.9 Å². The highest BCUT2D eigenvalue weighted by Crippen LogP contribution is 2.35. The summed E-state index contributed by atoms with van der Waals surface area (Å²) in [6.45, 7) is 0.764. The third-order valence-corrected chi connectivity index (χ3v) is 5.71. The Balaban J connectivity index is 1.63. The summed E-state index contributed by atoms with van der Waals surface area (Å²) in [5.74, 6) is 0.219. The minimum Gasteiger partial charge on any atom is -0.331 e. The summed E-state index contributed by atoms with van der Waals surface area (Å²) < 4.78 is 0. The molecule has 25 heavy (non-hydrogen) atoms. The van der Waals surface area contributed by atoms with Crippen LogP contribution >= 0.6 is 11.3 Å². The second-order valence-electron chi connectivity index (χ2n) is 6.30. The lowest BCUT2D eigenvalue weighted by molar-refractivity contribution is -0.133. The highest BCUT2D eigenvalue weighted by molar-refractivity contribution is 7.09. The van der Waals surface area contributed by atoms with Crippen LogP contribution in [0.15, 0.2) is 66.3 Å². The van der Waals surface area contributed by atoms with E-state index in [1.54, 1.807) is 17.5 Å². The van der Waals surface area contributed by atoms with E-state index in [1.807, 2.05) is 23.2 Å². The fourth-order valence-corrected chi connectivity index (χ4v) is 4.27. The largest absolute Gasteiger partial charge is 0.331 e. The van der Waals surface area contributed by atoms with Gasteiger partial charge in [-0.2, -0.15) is 0 Å². The molecule has 0 spiro atoms. The van der Waals surface area contributed by atoms with Gasteiger partial charge in [-0.05, 0) is 47.0 Å². The van der Waals surface area contributed by atoms with Crippen molar-refractivity contribution in [2.75, 3.05) is 6.54 Å². The summed E-state index contributed by atoms with van der Waals surface area (Å²) in [5, 5.41) is 2.06. The second-order valence-corrected chi connectivity index (χ2v) is 7.34. The molecular weight excluding hydrogens is 328 g/mol. The molecule has 4 heteroatoms. The predicted molar refractivity (Wildman–Crippen MR) is 101 cm³/mol. The van der Waals surface area contributed by atoms with Crippen molar-refractivity contribution in [1.82, 2.24) is 9.88 Å². The summed E-state index contributed by atoms with van der Waals surface area (Å²) in [6, 6.07) is 16.6. The third kappa shape index (κ3) is 3.35. The molecule has 3 nitrogen and oxygen atoms in total. The lowest BCUT2D eigenvalue weighted by atomic mass is 9.88. The van der Waals surface area contributed by atoms with Crippen LogP contribution in [0.5, 0.6) is 0 Å². The van der Waals surface area contributed by atoms with Gasteiger partial charge in [-0.3, -0.25) is 9.78 Å². The van der Waals surface area contributed by atoms with Crippen LogP contribution in [0, 0.1) is 0 Å². The number of carbonyl (C=O) groups excluding carboxylic acids is 1. The number of pyridine rings is 1. The van der Waals surface area contributed by atoms with E-state index >= 15 is 0 Å². The number of aryl methyl sites for hydroxylation is 1. The smallest absolute Gasteiger partial charge is 0.223 e. The Morgan fingerprint density at radius 1 is 1.16 bits per heavy atom. The number of carbonyl (C=O) groups is 1. The van der Waals surface area contributed by atoms with Crippen molar-refractivity contribution in [3.63, 3.8) is 0 Å². The normalized spacial score (nSPS) is 16.5. The van der Waals surface area contributed by atoms with E-state index in [0.29, 0.717) is 6.42 Å². The minimum absolute atomic E-state index is 0.0329. The van der Waals surface area contributed by atoms with Crippen molar-refractivity contribution in [2.45, 2.75) is 25.3 Å². The van der Waals surface area contributed by atoms with E-state index < -0.39 is 0 Å². The van der Waals surface area contributed by atoms with Crippen molar-refractivity contribution < 1.29 is 4.79 Å². The second kappa shape index (κ2) is 7.19. The van der Waals surface area contributed by atoms with Crippen molar-refractivity contribution in [3.8, 4) is 0 Å². The molecule has 126 valence electrons. The molecule has 3 aromatic rings. The quantitative estimate of drug-likeness (QED) is 0.706. The fourth-order valence-electron chi connectivity index (χ4n) is 3.56. The van der Waals surface area contributed by atoms with Gasteiger partial charge in [0.25, 0.3) is 0 Å². The lowest BCUT2D eigenvalue weighted by Gasteiger charge is -2.37. The van der Waals surface area contributed by atoms with E-state index in [4.69, 9.17) is 0 Å². The summed E-state index contributed by atoms with van der Waals surface area (Å²) in [5.41, 5.74) is 3.64. The highest BCUT2D eigenvalue weighted by Gasteiger charge is 2.31. The number of benzene rings is 1. The molecule has 4 rings (SSSR count). The first kappa shape index (κ1) is 16.0. The molecule has 0 fully saturated rings. The average Bonchev–Trinajstić information content (AvgIpc) is 3.19. The Kier molecular flexibility index (Phi) is 4.61. The number of fused-ring (bicyclic) bond motifs is 1. The van der Waals surface area contributed by atoms with E-state index in [0.717, 1.165) is 24.9 Å². The fraction of sp³-hybridized carbons (Fsp3) is 0.238. The Hall–Kier alpha value is -2.46. The van der Waals surface area contributed by atoms with Gasteiger partial charge in [0.05, 0.1) is 6.04 Å². The van der Waals surface area contributed by atoms with Crippen LogP contribution in [0.25, 0.3) is 0 Å². The lowest BCUT2D eigenvalue weighted by Crippen LogP contribution is -2.40. The number of aromatic nitrogens is 1. The third-order valence-electron chi connectivity index (χ3n) is 4.77. The van der Waals surface area contributed by atoms with Crippen molar-refractivity contribution >= 4 is 17.2 Å². The maximum Gasteiger partial charge on any atom is 0.223 e. The summed E-state index contributed by atoms with van der Waals surface area (Å²) in [4.78, 5) is 20.6. The van der Waals surface area contributed by atoms with Crippen LogP contribution < -0.4 is 0 Å². The van der Waals surface area contributed by atoms with Gasteiger partial charge in [0.1, 0.15) is 0 Å². The molecule has 1 aromatic carbocycles. The maximum absolute atomic E-state index is 13.0. The summed E-state index contributed by atoms with van der Waals surface area (Å²) in [7, 11) is 0. The molecule has 1 amide bonds. The number of amides is 1. The zero-order valence-electron chi connectivity index (χ0n) is 14.0. The topological polar surface area (TPSA) is 33.2 Å². The van der Waals surface area contributed by atoms with Crippen molar-refractivity contribution in [3.05, 3.63) is 87.9 Å². The van der Waals surface area contributed by atoms with Crippen molar-refractivity contribution in [2.24, 2.45) is 0 Å². The highest BCUT2D eigenvalue weighted by atomic mass is 32.1. The molecule has 0 aliphatic carbocycles. The summed E-state index contributed by atoms with van der Waals surface area (Å²) >= 11 is 1.72. The molecule has 0 saturated heterocycles. The van der Waals surface area contributed by atoms with Crippen LogP contribution in [-0.4, -0.2) is 22.3 Å². The molecule has 1 aliphatic rings. The first-order valence-corrected chi connectivity index (χ1v) is 9.50. The molecule has 1 atom stereocenters. The van der Waals surface area contributed by atoms with Gasteiger partial charge in [0.2, 0.25) is 5.91 Å². The molecular formula is C21H20N2OS. The number of rotatable bonds is 4. The first-order valence-electron chi connectivity index (χ1n) is 8.62. The number of thiophene rings is 1. The number of nitrogens with zero attached hydrogens (tertiary/aromatic N) is 2. The Morgan fingerprint density at radius 3 is 2.88 bits per heavy atom. The van der Waals surface area contributed by atoms with Gasteiger partial charge >= 0.3 is 0 Å². The Bertz CT molecular complexity index is 845. The molecule has 2 aromatic heterocycles. The minimum atomic E-state index is -0.0329. The van der Waals surface area contributed by atoms with E-state index in [1.165, 1.54) is 16.0 Å².